The van der Waals surface area contributed by atoms with E-state index in [1.807, 2.05) is 0 Å². The number of aromatic nitrogens is 1. The summed E-state index contributed by atoms with van der Waals surface area (Å²) in [4.78, 5) is 27.8. The first kappa shape index (κ1) is 21.9. The molecular weight excluding hydrogens is 423 g/mol. The summed E-state index contributed by atoms with van der Waals surface area (Å²) in [7, 11) is 0. The average molecular weight is 454 g/mol. The number of carbonyl (C=O) groups is 1. The molecule has 0 aromatic carbocycles. The molecule has 3 fully saturated rings. The summed E-state index contributed by atoms with van der Waals surface area (Å²) in [6.45, 7) is 6.06. The number of nitrogens with one attached hydrogen (secondary N) is 1. The Hall–Kier alpha value is -1.87. The van der Waals surface area contributed by atoms with Crippen LogP contribution in [0.3, 0.4) is 0 Å². The van der Waals surface area contributed by atoms with Gasteiger partial charge in [-0.3, -0.25) is 9.59 Å². The number of ether oxygens (including phenoxy) is 1. The Bertz CT molecular complexity index is 977. The quantitative estimate of drug-likeness (QED) is 0.748. The second-order valence-electron chi connectivity index (χ2n) is 10.2. The Morgan fingerprint density at radius 3 is 2.69 bits per heavy atom. The zero-order valence-corrected chi connectivity index (χ0v) is 18.5. The molecule has 2 saturated heterocycles. The minimum atomic E-state index is -4.58. The Kier molecular flexibility index (Phi) is 5.20. The molecule has 3 unspecified atom stereocenters. The van der Waals surface area contributed by atoms with Crippen molar-refractivity contribution in [3.63, 3.8) is 0 Å². The van der Waals surface area contributed by atoms with Crippen molar-refractivity contribution in [2.45, 2.75) is 76.9 Å². The molecule has 1 spiro atoms. The minimum absolute atomic E-state index is 0.0374. The van der Waals surface area contributed by atoms with Crippen molar-refractivity contribution >= 4 is 5.91 Å². The Morgan fingerprint density at radius 1 is 1.19 bits per heavy atom. The molecule has 1 aliphatic carbocycles. The van der Waals surface area contributed by atoms with Crippen LogP contribution in [0.15, 0.2) is 16.9 Å². The molecule has 4 aliphatic rings. The largest absolute Gasteiger partial charge is 0.416 e. The number of carbonyl (C=O) groups excluding carboxylic acids is 1. The van der Waals surface area contributed by atoms with E-state index in [1.54, 1.807) is 4.90 Å². The summed E-state index contributed by atoms with van der Waals surface area (Å²) in [6.07, 6.45) is -1.20. The highest BCUT2D eigenvalue weighted by atomic mass is 19.4. The third-order valence-corrected chi connectivity index (χ3v) is 8.42. The third kappa shape index (κ3) is 3.39. The van der Waals surface area contributed by atoms with E-state index in [0.717, 1.165) is 45.0 Å². The molecule has 1 aromatic heterocycles. The Labute approximate surface area is 185 Å². The number of pyridine rings is 1. The number of hydrogen-bond donors (Lipinski definition) is 1. The number of rotatable bonds is 2. The van der Waals surface area contributed by atoms with Crippen LogP contribution >= 0.6 is 0 Å². The van der Waals surface area contributed by atoms with Gasteiger partial charge in [0.1, 0.15) is 0 Å². The van der Waals surface area contributed by atoms with Crippen LogP contribution in [0.1, 0.15) is 50.8 Å². The topological polar surface area (TPSA) is 63.6 Å². The molecule has 5 rings (SSSR count). The summed E-state index contributed by atoms with van der Waals surface area (Å²) in [6, 6.07) is 2.15. The molecule has 9 heteroatoms. The minimum Gasteiger partial charge on any atom is -0.381 e. The molecule has 6 atom stereocenters. The fraction of sp³-hybridized carbons (Fsp3) is 0.739. The van der Waals surface area contributed by atoms with Crippen LogP contribution in [0.5, 0.6) is 0 Å². The lowest BCUT2D eigenvalue weighted by Gasteiger charge is -2.34. The van der Waals surface area contributed by atoms with Gasteiger partial charge < -0.3 is 19.5 Å². The molecule has 3 aliphatic heterocycles. The van der Waals surface area contributed by atoms with Gasteiger partial charge in [0.15, 0.2) is 0 Å². The van der Waals surface area contributed by atoms with Crippen LogP contribution < -0.4 is 10.9 Å². The predicted octanol–water partition coefficient (Wildman–Crippen LogP) is 2.78. The van der Waals surface area contributed by atoms with Gasteiger partial charge in [0, 0.05) is 37.0 Å². The predicted molar refractivity (Wildman–Crippen MR) is 111 cm³/mol. The summed E-state index contributed by atoms with van der Waals surface area (Å²) < 4.78 is 46.6. The number of amides is 1. The van der Waals surface area contributed by atoms with Crippen molar-refractivity contribution < 1.29 is 22.7 Å². The second-order valence-corrected chi connectivity index (χ2v) is 10.2. The molecule has 6 nitrogen and oxygen atoms in total. The maximum absolute atomic E-state index is 13.6. The van der Waals surface area contributed by atoms with Gasteiger partial charge in [-0.2, -0.15) is 13.2 Å². The number of alkyl halides is 3. The van der Waals surface area contributed by atoms with Crippen LogP contribution in [-0.4, -0.2) is 46.7 Å². The first-order valence-corrected chi connectivity index (χ1v) is 11.6. The van der Waals surface area contributed by atoms with E-state index >= 15 is 0 Å². The van der Waals surface area contributed by atoms with E-state index in [4.69, 9.17) is 4.74 Å². The maximum Gasteiger partial charge on any atom is 0.416 e. The Morgan fingerprint density at radius 2 is 1.97 bits per heavy atom. The van der Waals surface area contributed by atoms with Crippen LogP contribution in [0.2, 0.25) is 0 Å². The molecule has 4 heterocycles. The second kappa shape index (κ2) is 7.58. The van der Waals surface area contributed by atoms with Crippen LogP contribution in [-0.2, 0) is 28.8 Å². The highest BCUT2D eigenvalue weighted by Gasteiger charge is 2.60. The highest BCUT2D eigenvalue weighted by molar-refractivity contribution is 5.86. The van der Waals surface area contributed by atoms with Crippen molar-refractivity contribution in [2.24, 2.45) is 17.3 Å². The average Bonchev–Trinajstić information content (AvgIpc) is 3.25. The summed E-state index contributed by atoms with van der Waals surface area (Å²) in [5.41, 5.74) is -1.83. The highest BCUT2D eigenvalue weighted by Crippen LogP contribution is 2.54. The zero-order valence-electron chi connectivity index (χ0n) is 18.5. The molecule has 1 saturated carbocycles. The molecule has 0 bridgehead atoms. The van der Waals surface area contributed by atoms with Crippen molar-refractivity contribution in [1.82, 2.24) is 14.8 Å². The molecule has 1 N–H and O–H groups in total. The summed E-state index contributed by atoms with van der Waals surface area (Å²) in [5, 5.41) is 3.76. The molecule has 1 aromatic rings. The van der Waals surface area contributed by atoms with Gasteiger partial charge in [0.05, 0.1) is 30.2 Å². The van der Waals surface area contributed by atoms with Gasteiger partial charge in [-0.15, -0.1) is 0 Å². The molecule has 1 amide bonds. The fourth-order valence-corrected chi connectivity index (χ4v) is 6.49. The molecule has 0 radical (unpaired) electrons. The third-order valence-electron chi connectivity index (χ3n) is 8.42. The van der Waals surface area contributed by atoms with E-state index in [9.17, 15) is 22.8 Å². The van der Waals surface area contributed by atoms with E-state index in [2.05, 4.69) is 19.2 Å². The number of halogens is 3. The number of hydrogen-bond acceptors (Lipinski definition) is 4. The van der Waals surface area contributed by atoms with E-state index in [-0.39, 0.29) is 42.7 Å². The smallest absolute Gasteiger partial charge is 0.381 e. The van der Waals surface area contributed by atoms with Crippen molar-refractivity contribution in [3.8, 4) is 0 Å². The van der Waals surface area contributed by atoms with Crippen molar-refractivity contribution in [2.75, 3.05) is 13.2 Å². The molecule has 32 heavy (non-hydrogen) atoms. The Balaban J connectivity index is 1.37. The SMILES string of the molecule is CC1C2Cn3c(cc(C(F)(F)F)cc3=O)CN2C(=O)[C@]12CC[C@@H](NC1CCOC[C@H]1C)C2. The standard InChI is InChI=1S/C23H30F3N3O3/c1-13-12-32-6-4-18(13)27-16-3-5-22(9-16)14(2)19-11-28-17(10-29(19)21(22)31)7-15(8-20(28)30)23(24,25)26/h7-8,13-14,16,18-19,27H,3-6,9-12H2,1-2H3/t13-,14?,16-,18?,19?,22+/m1/s1. The van der Waals surface area contributed by atoms with E-state index in [1.165, 1.54) is 4.57 Å². The number of nitrogens with zero attached hydrogens (tertiary/aromatic N) is 2. The van der Waals surface area contributed by atoms with Crippen molar-refractivity contribution in [3.05, 3.63) is 33.7 Å². The lowest BCUT2D eigenvalue weighted by molar-refractivity contribution is -0.138. The van der Waals surface area contributed by atoms with Gasteiger partial charge in [-0.25, -0.2) is 0 Å². The van der Waals surface area contributed by atoms with Gasteiger partial charge in [-0.1, -0.05) is 13.8 Å². The number of fused-ring (bicyclic) bond motifs is 2. The van der Waals surface area contributed by atoms with Gasteiger partial charge >= 0.3 is 6.18 Å². The van der Waals surface area contributed by atoms with Crippen LogP contribution in [0.25, 0.3) is 0 Å². The maximum atomic E-state index is 13.6. The van der Waals surface area contributed by atoms with Crippen molar-refractivity contribution in [1.29, 1.82) is 0 Å². The zero-order chi connectivity index (χ0) is 22.8. The normalized spacial score (nSPS) is 37.1. The first-order valence-electron chi connectivity index (χ1n) is 11.6. The van der Waals surface area contributed by atoms with Gasteiger partial charge in [-0.05, 0) is 43.6 Å². The molecular formula is C23H30F3N3O3. The lowest BCUT2D eigenvalue weighted by atomic mass is 9.74. The lowest BCUT2D eigenvalue weighted by Crippen LogP contribution is -2.46. The summed E-state index contributed by atoms with van der Waals surface area (Å²) in [5.74, 6) is 0.499. The van der Waals surface area contributed by atoms with Crippen LogP contribution in [0, 0.1) is 17.3 Å². The fourth-order valence-electron chi connectivity index (χ4n) is 6.49. The van der Waals surface area contributed by atoms with E-state index < -0.39 is 22.7 Å². The first-order chi connectivity index (χ1) is 15.1. The van der Waals surface area contributed by atoms with Gasteiger partial charge in [0.25, 0.3) is 5.56 Å². The monoisotopic (exact) mass is 453 g/mol. The van der Waals surface area contributed by atoms with E-state index in [0.29, 0.717) is 18.0 Å². The molecule has 176 valence electrons. The van der Waals surface area contributed by atoms with Gasteiger partial charge in [0.2, 0.25) is 5.91 Å². The van der Waals surface area contributed by atoms with Crippen LogP contribution in [0.4, 0.5) is 13.2 Å². The summed E-state index contributed by atoms with van der Waals surface area (Å²) >= 11 is 0.